The Morgan fingerprint density at radius 3 is 2.79 bits per heavy atom. The molecule has 1 fully saturated rings. The maximum atomic E-state index is 14.1. The van der Waals surface area contributed by atoms with E-state index in [-0.39, 0.29) is 23.7 Å². The molecule has 0 saturated heterocycles. The van der Waals surface area contributed by atoms with Gasteiger partial charge in [0.2, 0.25) is 5.88 Å². The summed E-state index contributed by atoms with van der Waals surface area (Å²) in [7, 11) is 1.50. The smallest absolute Gasteiger partial charge is 0.251 e. The fourth-order valence-corrected chi connectivity index (χ4v) is 3.46. The Hall–Kier alpha value is -3.00. The van der Waals surface area contributed by atoms with Gasteiger partial charge in [-0.3, -0.25) is 4.79 Å². The summed E-state index contributed by atoms with van der Waals surface area (Å²) in [6.45, 7) is 0. The lowest BCUT2D eigenvalue weighted by Gasteiger charge is -2.25. The minimum Gasteiger partial charge on any atom is -0.473 e. The zero-order chi connectivity index (χ0) is 19.7. The number of nitrogens with one attached hydrogen (secondary N) is 1. The molecule has 28 heavy (non-hydrogen) atoms. The molecule has 0 spiro atoms. The van der Waals surface area contributed by atoms with Gasteiger partial charge >= 0.3 is 0 Å². The van der Waals surface area contributed by atoms with E-state index in [0.29, 0.717) is 22.8 Å². The number of carbonyl (C=O) groups excluding carboxylic acids is 1. The first-order valence-electron chi connectivity index (χ1n) is 9.26. The van der Waals surface area contributed by atoms with Crippen molar-refractivity contribution in [2.24, 2.45) is 0 Å². The number of benzene rings is 1. The van der Waals surface area contributed by atoms with Crippen LogP contribution in [-0.2, 0) is 0 Å². The maximum Gasteiger partial charge on any atom is 0.251 e. The second kappa shape index (κ2) is 7.55. The molecule has 2 aromatic heterocycles. The van der Waals surface area contributed by atoms with Crippen molar-refractivity contribution in [3.8, 4) is 17.1 Å². The van der Waals surface area contributed by atoms with Crippen LogP contribution in [0.5, 0.6) is 5.88 Å². The predicted molar refractivity (Wildman–Crippen MR) is 101 cm³/mol. The van der Waals surface area contributed by atoms with Gasteiger partial charge in [0.1, 0.15) is 11.9 Å². The lowest BCUT2D eigenvalue weighted by atomic mass is 9.95. The van der Waals surface area contributed by atoms with Crippen LogP contribution in [0.3, 0.4) is 0 Å². The van der Waals surface area contributed by atoms with Crippen molar-refractivity contribution in [2.45, 2.75) is 37.9 Å². The van der Waals surface area contributed by atoms with Crippen molar-refractivity contribution in [3.63, 3.8) is 0 Å². The van der Waals surface area contributed by atoms with Crippen molar-refractivity contribution >= 4 is 11.6 Å². The third-order valence-electron chi connectivity index (χ3n) is 4.95. The SMILES string of the molecule is CNC(=O)c1cc(F)cc(-c2cnc3ccc(O[C@H]4CC[C@H](O)CC4)nn23)c1. The summed E-state index contributed by atoms with van der Waals surface area (Å²) in [4.78, 5) is 16.2. The van der Waals surface area contributed by atoms with Gasteiger partial charge < -0.3 is 15.2 Å². The molecule has 7 nitrogen and oxygen atoms in total. The molecule has 0 aliphatic heterocycles. The van der Waals surface area contributed by atoms with Gasteiger partial charge in [0, 0.05) is 24.2 Å². The molecule has 0 bridgehead atoms. The van der Waals surface area contributed by atoms with Crippen LogP contribution in [0.25, 0.3) is 16.9 Å². The number of amides is 1. The minimum atomic E-state index is -0.515. The van der Waals surface area contributed by atoms with Gasteiger partial charge in [0.25, 0.3) is 5.91 Å². The molecule has 0 atom stereocenters. The number of aromatic nitrogens is 3. The van der Waals surface area contributed by atoms with E-state index in [9.17, 15) is 14.3 Å². The Bertz CT molecular complexity index is 1010. The molecule has 1 aliphatic rings. The van der Waals surface area contributed by atoms with Crippen LogP contribution < -0.4 is 10.1 Å². The van der Waals surface area contributed by atoms with Gasteiger partial charge in [-0.2, -0.15) is 0 Å². The summed E-state index contributed by atoms with van der Waals surface area (Å²) < 4.78 is 21.6. The predicted octanol–water partition coefficient (Wildman–Crippen LogP) is 2.58. The fourth-order valence-electron chi connectivity index (χ4n) is 3.46. The highest BCUT2D eigenvalue weighted by molar-refractivity contribution is 5.95. The zero-order valence-electron chi connectivity index (χ0n) is 15.4. The van der Waals surface area contributed by atoms with Gasteiger partial charge in [0.15, 0.2) is 5.65 Å². The van der Waals surface area contributed by atoms with Crippen molar-refractivity contribution < 1.29 is 19.0 Å². The van der Waals surface area contributed by atoms with E-state index in [2.05, 4.69) is 15.4 Å². The normalized spacial score (nSPS) is 19.5. The van der Waals surface area contributed by atoms with Crippen LogP contribution in [-0.4, -0.2) is 44.9 Å². The Kier molecular flexibility index (Phi) is 4.95. The number of fused-ring (bicyclic) bond motifs is 1. The molecular weight excluding hydrogens is 363 g/mol. The quantitative estimate of drug-likeness (QED) is 0.722. The van der Waals surface area contributed by atoms with Crippen LogP contribution in [0, 0.1) is 5.82 Å². The molecule has 146 valence electrons. The molecule has 0 unspecified atom stereocenters. The molecule has 2 N–H and O–H groups in total. The Balaban J connectivity index is 1.67. The lowest BCUT2D eigenvalue weighted by molar-refractivity contribution is 0.0637. The number of hydrogen-bond acceptors (Lipinski definition) is 5. The number of imidazole rings is 1. The summed E-state index contributed by atoms with van der Waals surface area (Å²) in [6, 6.07) is 7.66. The number of aliphatic hydroxyl groups is 1. The number of ether oxygens (including phenoxy) is 1. The van der Waals surface area contributed by atoms with Crippen molar-refractivity contribution in [2.75, 3.05) is 7.05 Å². The second-order valence-electron chi connectivity index (χ2n) is 6.94. The number of nitrogens with zero attached hydrogens (tertiary/aromatic N) is 3. The Morgan fingerprint density at radius 1 is 1.25 bits per heavy atom. The number of carbonyl (C=O) groups is 1. The zero-order valence-corrected chi connectivity index (χ0v) is 15.4. The minimum absolute atomic E-state index is 0.00865. The molecule has 1 aromatic carbocycles. The number of hydrogen-bond donors (Lipinski definition) is 2. The molecule has 8 heteroatoms. The van der Waals surface area contributed by atoms with E-state index in [1.165, 1.54) is 19.2 Å². The van der Waals surface area contributed by atoms with Gasteiger partial charge in [-0.25, -0.2) is 13.9 Å². The van der Waals surface area contributed by atoms with E-state index in [1.807, 2.05) is 0 Å². The van der Waals surface area contributed by atoms with E-state index < -0.39 is 5.82 Å². The van der Waals surface area contributed by atoms with Crippen LogP contribution in [0.2, 0.25) is 0 Å². The van der Waals surface area contributed by atoms with Gasteiger partial charge in [0.05, 0.1) is 18.0 Å². The van der Waals surface area contributed by atoms with Crippen molar-refractivity contribution in [1.82, 2.24) is 19.9 Å². The number of halogens is 1. The number of aliphatic hydroxyl groups excluding tert-OH is 1. The van der Waals surface area contributed by atoms with Crippen molar-refractivity contribution in [3.05, 3.63) is 47.9 Å². The molecule has 1 amide bonds. The monoisotopic (exact) mass is 384 g/mol. The second-order valence-corrected chi connectivity index (χ2v) is 6.94. The van der Waals surface area contributed by atoms with Crippen molar-refractivity contribution in [1.29, 1.82) is 0 Å². The highest BCUT2D eigenvalue weighted by Crippen LogP contribution is 2.26. The molecule has 2 heterocycles. The summed E-state index contributed by atoms with van der Waals surface area (Å²) >= 11 is 0. The van der Waals surface area contributed by atoms with E-state index in [1.54, 1.807) is 28.9 Å². The Labute approximate surface area is 161 Å². The summed E-state index contributed by atoms with van der Waals surface area (Å²) in [5.41, 5.74) is 1.87. The summed E-state index contributed by atoms with van der Waals surface area (Å²) in [5, 5.41) is 16.6. The van der Waals surface area contributed by atoms with Crippen LogP contribution in [0.1, 0.15) is 36.0 Å². The van der Waals surface area contributed by atoms with E-state index >= 15 is 0 Å². The van der Waals surface area contributed by atoms with Crippen LogP contribution >= 0.6 is 0 Å². The molecule has 3 aromatic rings. The fraction of sp³-hybridized carbons (Fsp3) is 0.350. The highest BCUT2D eigenvalue weighted by atomic mass is 19.1. The molecular formula is C20H21FN4O3. The van der Waals surface area contributed by atoms with E-state index in [0.717, 1.165) is 25.7 Å². The third kappa shape index (κ3) is 3.68. The Morgan fingerprint density at radius 2 is 2.04 bits per heavy atom. The number of rotatable bonds is 4. The van der Waals surface area contributed by atoms with E-state index in [4.69, 9.17) is 4.74 Å². The lowest BCUT2D eigenvalue weighted by Crippen LogP contribution is -2.26. The topological polar surface area (TPSA) is 88.8 Å². The summed E-state index contributed by atoms with van der Waals surface area (Å²) in [6.07, 6.45) is 4.33. The average molecular weight is 384 g/mol. The summed E-state index contributed by atoms with van der Waals surface area (Å²) in [5.74, 6) is -0.443. The average Bonchev–Trinajstić information content (AvgIpc) is 3.12. The first kappa shape index (κ1) is 18.4. The third-order valence-corrected chi connectivity index (χ3v) is 4.95. The van der Waals surface area contributed by atoms with Gasteiger partial charge in [-0.15, -0.1) is 5.10 Å². The molecule has 1 saturated carbocycles. The largest absolute Gasteiger partial charge is 0.473 e. The molecule has 0 radical (unpaired) electrons. The van der Waals surface area contributed by atoms with Crippen LogP contribution in [0.4, 0.5) is 4.39 Å². The van der Waals surface area contributed by atoms with Gasteiger partial charge in [-0.05, 0) is 49.9 Å². The standard InChI is InChI=1S/C20H21FN4O3/c1-22-20(27)13-8-12(9-14(21)10-13)17-11-23-18-6-7-19(24-25(17)18)28-16-4-2-15(26)3-5-16/h6-11,15-16,26H,2-5H2,1H3,(H,22,27)/t15-,16-. The van der Waals surface area contributed by atoms with Crippen LogP contribution in [0.15, 0.2) is 36.5 Å². The van der Waals surface area contributed by atoms with Gasteiger partial charge in [-0.1, -0.05) is 0 Å². The molecule has 1 aliphatic carbocycles. The highest BCUT2D eigenvalue weighted by Gasteiger charge is 2.21. The first-order chi connectivity index (χ1) is 13.5. The molecule has 4 rings (SSSR count). The first-order valence-corrected chi connectivity index (χ1v) is 9.26. The maximum absolute atomic E-state index is 14.1.